The minimum Gasteiger partial charge on any atom is -0.493 e. The Morgan fingerprint density at radius 2 is 1.69 bits per heavy atom. The molecule has 0 unspecified atom stereocenters. The molecule has 2 heterocycles. The Kier molecular flexibility index (Phi) is 4.19. The minimum atomic E-state index is 0.671. The van der Waals surface area contributed by atoms with Gasteiger partial charge < -0.3 is 19.8 Å². The Balaban J connectivity index is 1.63. The Morgan fingerprint density at radius 3 is 2.46 bits per heavy atom. The highest BCUT2D eigenvalue weighted by Gasteiger charge is 2.07. The lowest BCUT2D eigenvalue weighted by Crippen LogP contribution is -1.95. The summed E-state index contributed by atoms with van der Waals surface area (Å²) < 4.78 is 10.6. The second-order valence-electron chi connectivity index (χ2n) is 5.90. The van der Waals surface area contributed by atoms with Crippen LogP contribution in [0.15, 0.2) is 66.9 Å². The van der Waals surface area contributed by atoms with Gasteiger partial charge in [0.1, 0.15) is 5.82 Å². The molecule has 0 aliphatic carbocycles. The topological polar surface area (TPSA) is 59.2 Å². The van der Waals surface area contributed by atoms with Crippen LogP contribution in [0.2, 0.25) is 0 Å². The van der Waals surface area contributed by atoms with E-state index >= 15 is 0 Å². The van der Waals surface area contributed by atoms with E-state index in [0.29, 0.717) is 11.5 Å². The number of fused-ring (bicyclic) bond motifs is 1. The fourth-order valence-corrected chi connectivity index (χ4v) is 2.93. The van der Waals surface area contributed by atoms with Gasteiger partial charge in [-0.3, -0.25) is 0 Å². The molecule has 4 aromatic rings. The molecule has 2 N–H and O–H groups in total. The van der Waals surface area contributed by atoms with Crippen LogP contribution in [0, 0.1) is 0 Å². The van der Waals surface area contributed by atoms with Crippen molar-refractivity contribution in [3.63, 3.8) is 0 Å². The van der Waals surface area contributed by atoms with E-state index in [9.17, 15) is 0 Å². The van der Waals surface area contributed by atoms with Crippen LogP contribution in [0.4, 0.5) is 11.5 Å². The first-order valence-corrected chi connectivity index (χ1v) is 8.30. The molecule has 0 aliphatic heterocycles. The van der Waals surface area contributed by atoms with Crippen LogP contribution in [-0.4, -0.2) is 24.2 Å². The number of nitrogens with one attached hydrogen (secondary N) is 2. The van der Waals surface area contributed by atoms with Crippen molar-refractivity contribution in [2.45, 2.75) is 0 Å². The standard InChI is InChI=1S/C21H19N3O2/c1-25-19-9-8-16(11-20(19)26-2)23-21-12-18-15(13-22-21)10-17(24-18)14-6-4-3-5-7-14/h3-13,24H,1-2H3,(H,22,23). The number of rotatable bonds is 5. The van der Waals surface area contributed by atoms with E-state index in [1.54, 1.807) is 14.2 Å². The molecule has 0 fully saturated rings. The highest BCUT2D eigenvalue weighted by molar-refractivity contribution is 5.87. The van der Waals surface area contributed by atoms with Gasteiger partial charge in [-0.25, -0.2) is 4.98 Å². The number of aromatic nitrogens is 2. The normalized spacial score (nSPS) is 10.7. The monoisotopic (exact) mass is 345 g/mol. The highest BCUT2D eigenvalue weighted by Crippen LogP contribution is 2.31. The van der Waals surface area contributed by atoms with Gasteiger partial charge in [-0.15, -0.1) is 0 Å². The average Bonchev–Trinajstić information content (AvgIpc) is 3.12. The van der Waals surface area contributed by atoms with Crippen LogP contribution in [0.1, 0.15) is 0 Å². The largest absolute Gasteiger partial charge is 0.493 e. The number of benzene rings is 2. The summed E-state index contributed by atoms with van der Waals surface area (Å²) >= 11 is 0. The summed E-state index contributed by atoms with van der Waals surface area (Å²) in [5, 5.41) is 4.38. The number of H-pyrrole nitrogens is 1. The molecule has 0 aliphatic rings. The van der Waals surface area contributed by atoms with Crippen molar-refractivity contribution in [1.82, 2.24) is 9.97 Å². The average molecular weight is 345 g/mol. The molecule has 0 bridgehead atoms. The number of nitrogens with zero attached hydrogens (tertiary/aromatic N) is 1. The maximum atomic E-state index is 5.35. The number of aromatic amines is 1. The van der Waals surface area contributed by atoms with E-state index in [2.05, 4.69) is 33.5 Å². The van der Waals surface area contributed by atoms with Gasteiger partial charge in [-0.1, -0.05) is 30.3 Å². The quantitative estimate of drug-likeness (QED) is 0.535. The van der Waals surface area contributed by atoms with Crippen LogP contribution < -0.4 is 14.8 Å². The maximum absolute atomic E-state index is 5.35. The van der Waals surface area contributed by atoms with E-state index in [1.165, 1.54) is 0 Å². The zero-order chi connectivity index (χ0) is 17.9. The van der Waals surface area contributed by atoms with Gasteiger partial charge in [-0.2, -0.15) is 0 Å². The third-order valence-electron chi connectivity index (χ3n) is 4.24. The highest BCUT2D eigenvalue weighted by atomic mass is 16.5. The molecule has 0 amide bonds. The van der Waals surface area contributed by atoms with Crippen LogP contribution in [-0.2, 0) is 0 Å². The zero-order valence-corrected chi connectivity index (χ0v) is 14.6. The predicted molar refractivity (Wildman–Crippen MR) is 104 cm³/mol. The van der Waals surface area contributed by atoms with Crippen molar-refractivity contribution in [3.8, 4) is 22.8 Å². The lowest BCUT2D eigenvalue weighted by atomic mass is 10.1. The van der Waals surface area contributed by atoms with Crippen molar-refractivity contribution in [2.24, 2.45) is 0 Å². The Bertz CT molecular complexity index is 1040. The van der Waals surface area contributed by atoms with Gasteiger partial charge in [0, 0.05) is 35.1 Å². The molecule has 0 saturated carbocycles. The number of anilines is 2. The first-order valence-electron chi connectivity index (χ1n) is 8.30. The molecule has 5 nitrogen and oxygen atoms in total. The van der Waals surface area contributed by atoms with Gasteiger partial charge >= 0.3 is 0 Å². The van der Waals surface area contributed by atoms with Crippen LogP contribution in [0.5, 0.6) is 11.5 Å². The fourth-order valence-electron chi connectivity index (χ4n) is 2.93. The van der Waals surface area contributed by atoms with Gasteiger partial charge in [0.25, 0.3) is 0 Å². The third kappa shape index (κ3) is 3.07. The van der Waals surface area contributed by atoms with E-state index in [0.717, 1.165) is 33.7 Å². The summed E-state index contributed by atoms with van der Waals surface area (Å²) in [6.45, 7) is 0. The van der Waals surface area contributed by atoms with Crippen LogP contribution >= 0.6 is 0 Å². The number of ether oxygens (including phenoxy) is 2. The summed E-state index contributed by atoms with van der Waals surface area (Å²) in [7, 11) is 3.24. The molecule has 0 spiro atoms. The van der Waals surface area contributed by atoms with Crippen LogP contribution in [0.3, 0.4) is 0 Å². The predicted octanol–water partition coefficient (Wildman–Crippen LogP) is 4.99. The second-order valence-corrected chi connectivity index (χ2v) is 5.90. The Hall–Kier alpha value is -3.47. The zero-order valence-electron chi connectivity index (χ0n) is 14.6. The maximum Gasteiger partial charge on any atom is 0.162 e. The SMILES string of the molecule is COc1ccc(Nc2cc3[nH]c(-c4ccccc4)cc3cn2)cc1OC. The summed E-state index contributed by atoms with van der Waals surface area (Å²) in [6.07, 6.45) is 1.86. The molecular formula is C21H19N3O2. The van der Waals surface area contributed by atoms with E-state index in [4.69, 9.17) is 9.47 Å². The molecule has 4 rings (SSSR count). The lowest BCUT2D eigenvalue weighted by molar-refractivity contribution is 0.355. The third-order valence-corrected chi connectivity index (χ3v) is 4.24. The first-order chi connectivity index (χ1) is 12.8. The van der Waals surface area contributed by atoms with Crippen molar-refractivity contribution in [3.05, 3.63) is 66.9 Å². The van der Waals surface area contributed by atoms with Crippen molar-refractivity contribution in [2.75, 3.05) is 19.5 Å². The van der Waals surface area contributed by atoms with Gasteiger partial charge in [-0.05, 0) is 23.8 Å². The smallest absolute Gasteiger partial charge is 0.162 e. The van der Waals surface area contributed by atoms with E-state index in [-0.39, 0.29) is 0 Å². The molecule has 130 valence electrons. The van der Waals surface area contributed by atoms with Gasteiger partial charge in [0.2, 0.25) is 0 Å². The minimum absolute atomic E-state index is 0.671. The number of hydrogen-bond donors (Lipinski definition) is 2. The van der Waals surface area contributed by atoms with Crippen LogP contribution in [0.25, 0.3) is 22.2 Å². The van der Waals surface area contributed by atoms with E-state index in [1.807, 2.05) is 48.7 Å². The Morgan fingerprint density at radius 1 is 0.885 bits per heavy atom. The molecule has 0 saturated heterocycles. The van der Waals surface area contributed by atoms with Crippen molar-refractivity contribution < 1.29 is 9.47 Å². The van der Waals surface area contributed by atoms with Crippen molar-refractivity contribution >= 4 is 22.4 Å². The lowest BCUT2D eigenvalue weighted by Gasteiger charge is -2.10. The first kappa shape index (κ1) is 16.0. The summed E-state index contributed by atoms with van der Waals surface area (Å²) in [5.41, 5.74) is 4.13. The van der Waals surface area contributed by atoms with Gasteiger partial charge in [0.05, 0.1) is 19.7 Å². The molecule has 2 aromatic carbocycles. The number of methoxy groups -OCH3 is 2. The number of hydrogen-bond acceptors (Lipinski definition) is 4. The molecule has 0 atom stereocenters. The summed E-state index contributed by atoms with van der Waals surface area (Å²) in [5.74, 6) is 2.12. The van der Waals surface area contributed by atoms with Crippen molar-refractivity contribution in [1.29, 1.82) is 0 Å². The molecule has 2 aromatic heterocycles. The Labute approximate surface area is 151 Å². The molecule has 0 radical (unpaired) electrons. The van der Waals surface area contributed by atoms with Gasteiger partial charge in [0.15, 0.2) is 11.5 Å². The van der Waals surface area contributed by atoms with E-state index < -0.39 is 0 Å². The number of pyridine rings is 1. The molecule has 5 heteroatoms. The molecular weight excluding hydrogens is 326 g/mol. The summed E-state index contributed by atoms with van der Waals surface area (Å²) in [4.78, 5) is 7.96. The summed E-state index contributed by atoms with van der Waals surface area (Å²) in [6, 6.07) is 20.0. The second kappa shape index (κ2) is 6.80. The fraction of sp³-hybridized carbons (Fsp3) is 0.0952. The molecule has 26 heavy (non-hydrogen) atoms.